The smallest absolute Gasteiger partial charge is 0.335 e. The fraction of sp³-hybridized carbons (Fsp3) is 0.877. The van der Waals surface area contributed by atoms with Crippen molar-refractivity contribution in [1.29, 1.82) is 0 Å². The molecule has 456 valence electrons. The Morgan fingerprint density at radius 1 is 0.713 bits per heavy atom. The van der Waals surface area contributed by atoms with Crippen LogP contribution in [0.2, 0.25) is 0 Å². The highest BCUT2D eigenvalue weighted by Crippen LogP contribution is 2.76. The first-order valence-corrected chi connectivity index (χ1v) is 28.6. The first-order chi connectivity index (χ1) is 37.5. The molecule has 27 atom stereocenters. The van der Waals surface area contributed by atoms with Crippen molar-refractivity contribution in [2.24, 2.45) is 56.2 Å². The molecule has 0 bridgehead atoms. The Morgan fingerprint density at radius 2 is 1.31 bits per heavy atom. The molecule has 0 aromatic carbocycles. The molecule has 4 saturated carbocycles. The van der Waals surface area contributed by atoms with Crippen molar-refractivity contribution in [1.82, 2.24) is 0 Å². The fourth-order valence-corrected chi connectivity index (χ4v) is 16.3. The lowest BCUT2D eigenvalue weighted by Gasteiger charge is -2.72. The van der Waals surface area contributed by atoms with Crippen molar-refractivity contribution in [2.45, 2.75) is 231 Å². The number of hydrogen-bond acceptors (Lipinski definition) is 22. The Morgan fingerprint density at radius 3 is 1.88 bits per heavy atom. The molecule has 0 aromatic rings. The highest BCUT2D eigenvalue weighted by molar-refractivity contribution is 5.87. The van der Waals surface area contributed by atoms with E-state index in [0.717, 1.165) is 5.57 Å². The lowest BCUT2D eigenvalue weighted by Crippen LogP contribution is -2.72. The molecule has 7 fully saturated rings. The van der Waals surface area contributed by atoms with Crippen molar-refractivity contribution < 1.29 is 114 Å². The van der Waals surface area contributed by atoms with Crippen LogP contribution < -0.4 is 0 Å². The van der Waals surface area contributed by atoms with Gasteiger partial charge in [-0.1, -0.05) is 73.1 Å². The Labute approximate surface area is 467 Å². The number of ether oxygens (including phenoxy) is 8. The van der Waals surface area contributed by atoms with E-state index in [1.54, 1.807) is 26.8 Å². The molecule has 3 heterocycles. The van der Waals surface area contributed by atoms with Crippen LogP contribution in [0.1, 0.15) is 121 Å². The summed E-state index contributed by atoms with van der Waals surface area (Å²) < 4.78 is 49.1. The van der Waals surface area contributed by atoms with Crippen LogP contribution >= 0.6 is 0 Å². The third-order valence-electron chi connectivity index (χ3n) is 21.7. The first kappa shape index (κ1) is 63.2. The summed E-state index contributed by atoms with van der Waals surface area (Å²) in [4.78, 5) is 40.4. The van der Waals surface area contributed by atoms with Crippen molar-refractivity contribution in [2.75, 3.05) is 26.4 Å². The SMILES string of the molecule is C/C=C(/C)C(=O)O[C@H]1[C@H](OC(=O)[C@H](C)CC)[C@]2(CO)[C@H](O)C[C@]3(C)C(=CC[C@@H]4[C@@]5(C)CC[C@H](O[C@@H]6O[C@H](C(=O)O)[C@@H](O)[C@H](O[C@@H]7O[C@@H](CO)[C@H](O)[C@H]7O)[C@H]6O[C@@H]6O[C@H](CO)[C@H](O)[C@H](O)[C@H]6O)[C@](C)(CO)[C@@H]5CC[C@]43C)[C@@H]2CC1(C)C. The number of aliphatic carboxylic acids is 1. The molecule has 0 radical (unpaired) electrons. The van der Waals surface area contributed by atoms with Gasteiger partial charge in [-0.3, -0.25) is 4.79 Å². The van der Waals surface area contributed by atoms with E-state index in [1.165, 1.54) is 0 Å². The number of rotatable bonds is 16. The first-order valence-electron chi connectivity index (χ1n) is 28.6. The van der Waals surface area contributed by atoms with Crippen LogP contribution in [0, 0.1) is 56.2 Å². The number of allylic oxidation sites excluding steroid dienone is 3. The van der Waals surface area contributed by atoms with E-state index >= 15 is 0 Å². The van der Waals surface area contributed by atoms with Gasteiger partial charge < -0.3 is 99.2 Å². The molecular formula is C57H90O23. The summed E-state index contributed by atoms with van der Waals surface area (Å²) in [5.74, 6) is -4.20. The Kier molecular flexibility index (Phi) is 18.4. The van der Waals surface area contributed by atoms with Gasteiger partial charge >= 0.3 is 17.9 Å². The van der Waals surface area contributed by atoms with Gasteiger partial charge in [-0.05, 0) is 99.2 Å². The van der Waals surface area contributed by atoms with E-state index in [4.69, 9.17) is 37.9 Å². The standard InChI is InChI=1S/C57H90O23/c1-11-25(3)47(71)79-44-45(80-48(72)26(4)12-2)57(24-61)28(19-52(44,5)6)27-13-14-32-53(7)17-16-34(54(8,23-60)31(53)15-18-55(32,9)56(27,10)20-33(57)62)75-51-43(78-50-39(67)37(65)35(63)29(21-58)73-50)41(40(68)42(77-51)46(69)70)76-49-38(66)36(64)30(22-59)74-49/h11,13,26,28-45,49-51,58-68H,12,14-24H2,1-10H3,(H,69,70)/b25-11-/t26-,28+,29-,30+,31-,32-,33-,34+,35+,36+,37+,38-,39-,40+,41+,42+,43-,44+,45+,49+,50+,51-,53+,54-,55-,56-,57+/m1/s1. The maximum absolute atomic E-state index is 13.9. The average molecular weight is 1140 g/mol. The molecule has 3 aliphatic heterocycles. The third-order valence-corrected chi connectivity index (χ3v) is 21.7. The number of carboxylic acids is 1. The number of carbonyl (C=O) groups is 3. The lowest BCUT2D eigenvalue weighted by atomic mass is 9.33. The van der Waals surface area contributed by atoms with Gasteiger partial charge in [0, 0.05) is 16.4 Å². The molecule has 8 aliphatic rings. The minimum absolute atomic E-state index is 0.0789. The van der Waals surface area contributed by atoms with Gasteiger partial charge in [0.25, 0.3) is 0 Å². The van der Waals surface area contributed by atoms with Gasteiger partial charge in [-0.25, -0.2) is 9.59 Å². The minimum atomic E-state index is -2.15. The minimum Gasteiger partial charge on any atom is -0.479 e. The van der Waals surface area contributed by atoms with Crippen LogP contribution in [-0.2, 0) is 52.3 Å². The predicted molar refractivity (Wildman–Crippen MR) is 277 cm³/mol. The topological polar surface area (TPSA) is 368 Å². The zero-order valence-electron chi connectivity index (χ0n) is 47.7. The van der Waals surface area contributed by atoms with Crippen molar-refractivity contribution >= 4 is 17.9 Å². The molecule has 12 N–H and O–H groups in total. The van der Waals surface area contributed by atoms with Crippen LogP contribution in [0.5, 0.6) is 0 Å². The number of carbonyl (C=O) groups excluding carboxylic acids is 2. The number of aliphatic hydroxyl groups is 11. The Balaban J connectivity index is 1.14. The summed E-state index contributed by atoms with van der Waals surface area (Å²) in [6, 6.07) is 0. The summed E-state index contributed by atoms with van der Waals surface area (Å²) in [5, 5.41) is 133. The monoisotopic (exact) mass is 1140 g/mol. The molecule has 0 spiro atoms. The summed E-state index contributed by atoms with van der Waals surface area (Å²) in [6.07, 6.45) is -22.9. The largest absolute Gasteiger partial charge is 0.479 e. The highest BCUT2D eigenvalue weighted by Gasteiger charge is 2.74. The van der Waals surface area contributed by atoms with Crippen molar-refractivity contribution in [3.63, 3.8) is 0 Å². The van der Waals surface area contributed by atoms with Gasteiger partial charge in [-0.2, -0.15) is 0 Å². The van der Waals surface area contributed by atoms with Gasteiger partial charge in [-0.15, -0.1) is 0 Å². The molecular weight excluding hydrogens is 1050 g/mol. The quantitative estimate of drug-likeness (QED) is 0.0429. The molecule has 0 unspecified atom stereocenters. The van der Waals surface area contributed by atoms with Crippen LogP contribution in [0.25, 0.3) is 0 Å². The highest BCUT2D eigenvalue weighted by atomic mass is 16.8. The number of fused-ring (bicyclic) bond motifs is 7. The Hall–Kier alpha value is -2.79. The van der Waals surface area contributed by atoms with E-state index in [1.807, 2.05) is 27.7 Å². The van der Waals surface area contributed by atoms with Crippen molar-refractivity contribution in [3.8, 4) is 0 Å². The second-order valence-corrected chi connectivity index (χ2v) is 26.2. The molecule has 23 nitrogen and oxygen atoms in total. The molecule has 80 heavy (non-hydrogen) atoms. The lowest BCUT2D eigenvalue weighted by molar-refractivity contribution is -0.387. The summed E-state index contributed by atoms with van der Waals surface area (Å²) >= 11 is 0. The molecule has 23 heteroatoms. The van der Waals surface area contributed by atoms with Crippen molar-refractivity contribution in [3.05, 3.63) is 23.3 Å². The summed E-state index contributed by atoms with van der Waals surface area (Å²) in [7, 11) is 0. The third kappa shape index (κ3) is 10.0. The van der Waals surface area contributed by atoms with E-state index in [-0.39, 0.29) is 24.7 Å². The van der Waals surface area contributed by atoms with Crippen LogP contribution in [0.15, 0.2) is 23.3 Å². The molecule has 8 rings (SSSR count). The molecule has 0 aromatic heterocycles. The van der Waals surface area contributed by atoms with E-state index in [9.17, 15) is 75.7 Å². The zero-order chi connectivity index (χ0) is 59.1. The van der Waals surface area contributed by atoms with Gasteiger partial charge in [0.1, 0.15) is 73.2 Å². The number of hydrogen-bond donors (Lipinski definition) is 12. The van der Waals surface area contributed by atoms with Gasteiger partial charge in [0.05, 0.1) is 50.0 Å². The fourth-order valence-electron chi connectivity index (χ4n) is 16.3. The number of carboxylic acid groups (broad SMARTS) is 1. The Bertz CT molecular complexity index is 2310. The second kappa shape index (κ2) is 23.2. The van der Waals surface area contributed by atoms with E-state index in [0.29, 0.717) is 44.1 Å². The van der Waals surface area contributed by atoms with E-state index < -0.39 is 199 Å². The average Bonchev–Trinajstić information content (AvgIpc) is 3.83. The van der Waals surface area contributed by atoms with Crippen LogP contribution in [0.3, 0.4) is 0 Å². The van der Waals surface area contributed by atoms with Crippen LogP contribution in [-0.4, -0.2) is 216 Å². The van der Waals surface area contributed by atoms with E-state index in [2.05, 4.69) is 26.8 Å². The predicted octanol–water partition coefficient (Wildman–Crippen LogP) is 0.344. The molecule has 3 saturated heterocycles. The second-order valence-electron chi connectivity index (χ2n) is 26.2. The number of esters is 2. The molecule has 5 aliphatic carbocycles. The maximum Gasteiger partial charge on any atom is 0.335 e. The summed E-state index contributed by atoms with van der Waals surface area (Å²) in [5.41, 5.74) is -3.75. The number of aliphatic hydroxyl groups excluding tert-OH is 11. The summed E-state index contributed by atoms with van der Waals surface area (Å²) in [6.45, 7) is 16.8. The zero-order valence-corrected chi connectivity index (χ0v) is 47.7. The van der Waals surface area contributed by atoms with Gasteiger partial charge in [0.15, 0.2) is 25.0 Å². The van der Waals surface area contributed by atoms with Crippen LogP contribution in [0.4, 0.5) is 0 Å². The normalized spacial score (nSPS) is 49.5. The van der Waals surface area contributed by atoms with Gasteiger partial charge in [0.2, 0.25) is 0 Å². The molecule has 0 amide bonds. The maximum atomic E-state index is 13.9.